The number of likely N-dealkylation sites (tertiary alicyclic amines) is 1. The molecule has 3 N–H and O–H groups in total. The minimum absolute atomic E-state index is 0. The molecule has 3 aromatic rings. The predicted molar refractivity (Wildman–Crippen MR) is 155 cm³/mol. The smallest absolute Gasteiger partial charge is 0.320 e. The lowest BCUT2D eigenvalue weighted by Crippen LogP contribution is -2.38. The number of aromatic nitrogens is 2. The molecular weight excluding hydrogens is 549 g/mol. The zero-order valence-corrected chi connectivity index (χ0v) is 24.1. The maximum Gasteiger partial charge on any atom is 0.320 e. The van der Waals surface area contributed by atoms with Crippen molar-refractivity contribution in [2.45, 2.75) is 77.0 Å². The third kappa shape index (κ3) is 6.87. The highest BCUT2D eigenvalue weighted by atomic mass is 35.5. The van der Waals surface area contributed by atoms with E-state index in [1.807, 2.05) is 36.9 Å². The molecule has 0 spiro atoms. The second kappa shape index (κ2) is 13.0. The normalized spacial score (nSPS) is 21.7. The Labute approximate surface area is 244 Å². The fourth-order valence-corrected chi connectivity index (χ4v) is 6.01. The Morgan fingerprint density at radius 3 is 2.44 bits per heavy atom. The van der Waals surface area contributed by atoms with Crippen molar-refractivity contribution >= 4 is 41.2 Å². The molecule has 2 aromatic carbocycles. The highest BCUT2D eigenvalue weighted by Crippen LogP contribution is 2.34. The van der Waals surface area contributed by atoms with Gasteiger partial charge in [0, 0.05) is 30.1 Å². The van der Waals surface area contributed by atoms with Crippen molar-refractivity contribution in [3.63, 3.8) is 0 Å². The molecule has 1 saturated heterocycles. The average molecular weight is 586 g/mol. The Kier molecular flexibility index (Phi) is 9.65. The Morgan fingerprint density at radius 2 is 1.78 bits per heavy atom. The van der Waals surface area contributed by atoms with Crippen molar-refractivity contribution in [1.29, 1.82) is 0 Å². The van der Waals surface area contributed by atoms with Crippen LogP contribution >= 0.6 is 12.4 Å². The summed E-state index contributed by atoms with van der Waals surface area (Å²) in [5, 5.41) is 12.6. The number of H-pyrrole nitrogens is 1. The van der Waals surface area contributed by atoms with Crippen molar-refractivity contribution in [2.75, 3.05) is 6.54 Å². The van der Waals surface area contributed by atoms with Crippen LogP contribution in [0.15, 0.2) is 47.5 Å². The molecule has 220 valence electrons. The molecule has 41 heavy (non-hydrogen) atoms. The number of nitrogens with one attached hydrogen (secondary N) is 2. The number of carbonyl (C=O) groups excluding carboxylic acids is 2. The number of nitrogens with zero attached hydrogens (tertiary/aromatic N) is 3. The van der Waals surface area contributed by atoms with Gasteiger partial charge < -0.3 is 20.0 Å². The molecule has 1 aliphatic heterocycles. The van der Waals surface area contributed by atoms with Gasteiger partial charge in [0.25, 0.3) is 5.91 Å². The standard InChI is InChI=1S/C30H36FN5O4.ClH/c1-18(2)32-27(37)21-8-12-23(13-9-21)36-26-16-19(17-35-15-3-4-25(35)29(39)40)5-14-24(26)33-30(36)34-28(38)20-6-10-22(31)11-7-20;/h5-7,10-11,14,16,18,21,23,25H,3-4,8-9,12-13,15,17H2,1-2H3,(H,32,37)(H,39,40)(H,33,34,38);1H/t21-,23+,25-;/m0./s1. The summed E-state index contributed by atoms with van der Waals surface area (Å²) >= 11 is 0. The van der Waals surface area contributed by atoms with E-state index in [0.29, 0.717) is 18.6 Å². The number of hydrogen-bond donors (Lipinski definition) is 3. The molecule has 0 unspecified atom stereocenters. The van der Waals surface area contributed by atoms with E-state index in [1.165, 1.54) is 24.3 Å². The van der Waals surface area contributed by atoms with Gasteiger partial charge in [-0.1, -0.05) is 6.07 Å². The number of hydrogen-bond acceptors (Lipinski definition) is 4. The molecule has 0 radical (unpaired) electrons. The van der Waals surface area contributed by atoms with Crippen LogP contribution in [-0.2, 0) is 16.1 Å². The minimum Gasteiger partial charge on any atom is -0.480 e. The summed E-state index contributed by atoms with van der Waals surface area (Å²) in [6, 6.07) is 10.9. The number of benzene rings is 2. The third-order valence-electron chi connectivity index (χ3n) is 7.99. The molecule has 2 fully saturated rings. The van der Waals surface area contributed by atoms with Gasteiger partial charge in [0.05, 0.1) is 11.0 Å². The number of aliphatic carboxylic acids is 1. The van der Waals surface area contributed by atoms with Gasteiger partial charge in [-0.25, -0.2) is 4.39 Å². The van der Waals surface area contributed by atoms with Gasteiger partial charge >= 0.3 is 5.97 Å². The van der Waals surface area contributed by atoms with E-state index in [9.17, 15) is 23.9 Å². The van der Waals surface area contributed by atoms with Crippen LogP contribution in [0.5, 0.6) is 0 Å². The molecule has 0 bridgehead atoms. The molecule has 2 heterocycles. The second-order valence-electron chi connectivity index (χ2n) is 11.2. The number of imidazole rings is 1. The lowest BCUT2D eigenvalue weighted by atomic mass is 9.85. The number of halogens is 2. The summed E-state index contributed by atoms with van der Waals surface area (Å²) in [6.07, 6.45) is 4.44. The SMILES string of the molecule is CC(C)NC(=O)[C@H]1CC[C@@H](n2/c(=N/C(=O)c3ccc(F)cc3)[nH]c3ccc(CN4CCC[C@H]4C(=O)O)cc32)CC1.Cl. The molecule has 11 heteroatoms. The van der Waals surface area contributed by atoms with Gasteiger partial charge in [-0.3, -0.25) is 19.3 Å². The van der Waals surface area contributed by atoms with E-state index in [4.69, 9.17) is 0 Å². The van der Waals surface area contributed by atoms with Crippen LogP contribution < -0.4 is 10.9 Å². The van der Waals surface area contributed by atoms with Gasteiger partial charge in [0.1, 0.15) is 11.9 Å². The van der Waals surface area contributed by atoms with Gasteiger partial charge in [-0.15, -0.1) is 12.4 Å². The number of fused-ring (bicyclic) bond motifs is 1. The zero-order chi connectivity index (χ0) is 28.4. The average Bonchev–Trinajstić information content (AvgIpc) is 3.53. The first kappa shape index (κ1) is 30.5. The summed E-state index contributed by atoms with van der Waals surface area (Å²) in [6.45, 7) is 5.16. The molecule has 1 aromatic heterocycles. The van der Waals surface area contributed by atoms with Crippen molar-refractivity contribution < 1.29 is 23.9 Å². The highest BCUT2D eigenvalue weighted by molar-refractivity contribution is 5.95. The maximum absolute atomic E-state index is 13.4. The largest absolute Gasteiger partial charge is 0.480 e. The topological polar surface area (TPSA) is 120 Å². The van der Waals surface area contributed by atoms with E-state index >= 15 is 0 Å². The molecule has 2 amide bonds. The van der Waals surface area contributed by atoms with Crippen LogP contribution in [0, 0.1) is 11.7 Å². The fourth-order valence-electron chi connectivity index (χ4n) is 6.01. The fraction of sp³-hybridized carbons (Fsp3) is 0.467. The van der Waals surface area contributed by atoms with Gasteiger partial charge in [-0.2, -0.15) is 4.99 Å². The summed E-state index contributed by atoms with van der Waals surface area (Å²) in [4.78, 5) is 47.1. The first-order chi connectivity index (χ1) is 19.2. The summed E-state index contributed by atoms with van der Waals surface area (Å²) in [5.41, 5.74) is 3.36. The monoisotopic (exact) mass is 585 g/mol. The van der Waals surface area contributed by atoms with E-state index in [0.717, 1.165) is 55.2 Å². The van der Waals surface area contributed by atoms with Crippen molar-refractivity contribution in [3.8, 4) is 0 Å². The zero-order valence-electron chi connectivity index (χ0n) is 23.3. The van der Waals surface area contributed by atoms with Crippen molar-refractivity contribution in [2.24, 2.45) is 10.9 Å². The highest BCUT2D eigenvalue weighted by Gasteiger charge is 2.31. The number of amides is 2. The summed E-state index contributed by atoms with van der Waals surface area (Å²) < 4.78 is 15.5. The Hall–Kier alpha value is -3.50. The first-order valence-corrected chi connectivity index (χ1v) is 14.0. The number of carboxylic acids is 1. The van der Waals surface area contributed by atoms with Gasteiger partial charge in [0.2, 0.25) is 11.5 Å². The molecule has 1 saturated carbocycles. The van der Waals surface area contributed by atoms with Crippen molar-refractivity contribution in [3.05, 3.63) is 65.0 Å². The molecule has 9 nitrogen and oxygen atoms in total. The first-order valence-electron chi connectivity index (χ1n) is 14.0. The lowest BCUT2D eigenvalue weighted by Gasteiger charge is -2.29. The van der Waals surface area contributed by atoms with Crippen LogP contribution in [0.1, 0.15) is 74.3 Å². The molecule has 1 atom stereocenters. The Bertz CT molecular complexity index is 1470. The number of carboxylic acid groups (broad SMARTS) is 1. The van der Waals surface area contributed by atoms with Gasteiger partial charge in [0.15, 0.2) is 0 Å². The molecule has 1 aliphatic carbocycles. The van der Waals surface area contributed by atoms with Crippen LogP contribution in [0.25, 0.3) is 11.0 Å². The molecular formula is C30H37ClFN5O4. The second-order valence-corrected chi connectivity index (χ2v) is 11.2. The number of aromatic amines is 1. The van der Waals surface area contributed by atoms with Crippen LogP contribution in [0.4, 0.5) is 4.39 Å². The maximum atomic E-state index is 13.4. The van der Waals surface area contributed by atoms with Gasteiger partial charge in [-0.05, 0) is 101 Å². The Balaban J connectivity index is 0.00000387. The molecule has 2 aliphatic rings. The minimum atomic E-state index is -0.797. The third-order valence-corrected chi connectivity index (χ3v) is 7.99. The molecule has 5 rings (SSSR count). The van der Waals surface area contributed by atoms with Crippen LogP contribution in [-0.4, -0.2) is 56.0 Å². The number of carbonyl (C=O) groups is 3. The Morgan fingerprint density at radius 1 is 1.07 bits per heavy atom. The summed E-state index contributed by atoms with van der Waals surface area (Å²) in [7, 11) is 0. The predicted octanol–water partition coefficient (Wildman–Crippen LogP) is 4.58. The van der Waals surface area contributed by atoms with Crippen LogP contribution in [0.2, 0.25) is 0 Å². The van der Waals surface area contributed by atoms with Crippen LogP contribution in [0.3, 0.4) is 0 Å². The van der Waals surface area contributed by atoms with E-state index in [2.05, 4.69) is 19.9 Å². The van der Waals surface area contributed by atoms with E-state index in [-0.39, 0.29) is 41.9 Å². The number of rotatable bonds is 7. The summed E-state index contributed by atoms with van der Waals surface area (Å²) in [5.74, 6) is -1.67. The van der Waals surface area contributed by atoms with E-state index < -0.39 is 23.7 Å². The lowest BCUT2D eigenvalue weighted by molar-refractivity contribution is -0.142. The van der Waals surface area contributed by atoms with Crippen molar-refractivity contribution in [1.82, 2.24) is 19.8 Å². The van der Waals surface area contributed by atoms with E-state index in [1.54, 1.807) is 0 Å². The quantitative estimate of drug-likeness (QED) is 0.375.